The summed E-state index contributed by atoms with van der Waals surface area (Å²) in [6, 6.07) is 28.7. The highest BCUT2D eigenvalue weighted by Gasteiger charge is 2.12. The predicted molar refractivity (Wildman–Crippen MR) is 125 cm³/mol. The zero-order valence-corrected chi connectivity index (χ0v) is 18.1. The number of para-hydroxylation sites is 1. The summed E-state index contributed by atoms with van der Waals surface area (Å²) in [7, 11) is -0.941. The predicted octanol–water partition coefficient (Wildman–Crippen LogP) is 7.60. The van der Waals surface area contributed by atoms with Gasteiger partial charge < -0.3 is 10.6 Å². The second-order valence-electron chi connectivity index (χ2n) is 7.88. The standard InChI is InChI=1S/C23H28N2SSi/c1-27(2,3)18-17-26-23-15-13-22(14-16-23)25-21-11-9-20(10-12-21)24-19-7-5-4-6-8-19/h4-16,24-25H,17-18H2,1-3H3. The lowest BCUT2D eigenvalue weighted by molar-refractivity contribution is 1.35. The van der Waals surface area contributed by atoms with Crippen molar-refractivity contribution in [2.45, 2.75) is 30.6 Å². The Balaban J connectivity index is 1.52. The molecule has 0 aromatic heterocycles. The molecule has 0 aliphatic heterocycles. The number of anilines is 4. The van der Waals surface area contributed by atoms with Crippen LogP contribution in [0.5, 0.6) is 0 Å². The number of benzene rings is 3. The third-order valence-corrected chi connectivity index (χ3v) is 7.34. The molecule has 0 amide bonds. The molecule has 0 saturated carbocycles. The van der Waals surface area contributed by atoms with E-state index in [1.165, 1.54) is 16.7 Å². The van der Waals surface area contributed by atoms with Crippen molar-refractivity contribution in [2.24, 2.45) is 0 Å². The van der Waals surface area contributed by atoms with Gasteiger partial charge in [0.05, 0.1) is 0 Å². The summed E-state index contributed by atoms with van der Waals surface area (Å²) >= 11 is 1.96. The molecule has 0 radical (unpaired) electrons. The van der Waals surface area contributed by atoms with Crippen LogP contribution in [0, 0.1) is 0 Å². The molecule has 0 aliphatic rings. The quantitative estimate of drug-likeness (QED) is 0.305. The van der Waals surface area contributed by atoms with Crippen molar-refractivity contribution < 1.29 is 0 Å². The molecule has 4 heteroatoms. The van der Waals surface area contributed by atoms with Gasteiger partial charge in [0.1, 0.15) is 0 Å². The first-order valence-electron chi connectivity index (χ1n) is 9.40. The molecule has 0 bridgehead atoms. The van der Waals surface area contributed by atoms with Gasteiger partial charge in [-0.3, -0.25) is 0 Å². The molecule has 3 aromatic carbocycles. The molecule has 140 valence electrons. The Morgan fingerprint density at radius 2 is 1.07 bits per heavy atom. The minimum absolute atomic E-state index is 0.941. The van der Waals surface area contributed by atoms with E-state index < -0.39 is 8.07 Å². The Bertz CT molecular complexity index is 825. The molecule has 2 nitrogen and oxygen atoms in total. The van der Waals surface area contributed by atoms with E-state index >= 15 is 0 Å². The maximum absolute atomic E-state index is 3.47. The van der Waals surface area contributed by atoms with Crippen LogP contribution < -0.4 is 10.6 Å². The lowest BCUT2D eigenvalue weighted by atomic mass is 10.2. The summed E-state index contributed by atoms with van der Waals surface area (Å²) in [5.74, 6) is 1.22. The van der Waals surface area contributed by atoms with Gasteiger partial charge in [0.15, 0.2) is 0 Å². The molecule has 0 saturated heterocycles. The largest absolute Gasteiger partial charge is 0.356 e. The molecule has 0 heterocycles. The Labute approximate surface area is 168 Å². The average Bonchev–Trinajstić information content (AvgIpc) is 2.65. The molecule has 3 aromatic rings. The molecule has 27 heavy (non-hydrogen) atoms. The lowest BCUT2D eigenvalue weighted by Crippen LogP contribution is -2.19. The van der Waals surface area contributed by atoms with E-state index in [1.54, 1.807) is 0 Å². The second-order valence-corrected chi connectivity index (χ2v) is 14.7. The lowest BCUT2D eigenvalue weighted by Gasteiger charge is -2.15. The van der Waals surface area contributed by atoms with Crippen LogP contribution in [0.4, 0.5) is 22.7 Å². The number of nitrogens with one attached hydrogen (secondary N) is 2. The van der Waals surface area contributed by atoms with Crippen LogP contribution in [0.2, 0.25) is 25.7 Å². The minimum atomic E-state index is -0.941. The Kier molecular flexibility index (Phi) is 6.64. The molecule has 0 aliphatic carbocycles. The Hall–Kier alpha value is -2.17. The van der Waals surface area contributed by atoms with Crippen molar-refractivity contribution in [1.82, 2.24) is 0 Å². The zero-order chi connectivity index (χ0) is 19.1. The molecule has 0 atom stereocenters. The fourth-order valence-electron chi connectivity index (χ4n) is 2.60. The second kappa shape index (κ2) is 9.15. The van der Waals surface area contributed by atoms with Gasteiger partial charge in [-0.05, 0) is 72.5 Å². The van der Waals surface area contributed by atoms with E-state index in [1.807, 2.05) is 30.0 Å². The van der Waals surface area contributed by atoms with Crippen LogP contribution in [0.15, 0.2) is 83.8 Å². The molecule has 0 spiro atoms. The van der Waals surface area contributed by atoms with Crippen molar-refractivity contribution in [1.29, 1.82) is 0 Å². The van der Waals surface area contributed by atoms with Gasteiger partial charge in [0, 0.05) is 35.7 Å². The van der Waals surface area contributed by atoms with E-state index in [0.717, 1.165) is 22.7 Å². The van der Waals surface area contributed by atoms with Crippen molar-refractivity contribution in [3.63, 3.8) is 0 Å². The number of rotatable bonds is 8. The molecule has 3 rings (SSSR count). The van der Waals surface area contributed by atoms with Crippen LogP contribution >= 0.6 is 11.8 Å². The fraction of sp³-hybridized carbons (Fsp3) is 0.217. The maximum Gasteiger partial charge on any atom is 0.0450 e. The monoisotopic (exact) mass is 392 g/mol. The molecule has 0 fully saturated rings. The van der Waals surface area contributed by atoms with Crippen LogP contribution in [-0.2, 0) is 0 Å². The highest BCUT2D eigenvalue weighted by atomic mass is 32.2. The van der Waals surface area contributed by atoms with E-state index in [0.29, 0.717) is 0 Å². The summed E-state index contributed by atoms with van der Waals surface area (Å²) in [5, 5.41) is 6.88. The zero-order valence-electron chi connectivity index (χ0n) is 16.3. The average molecular weight is 393 g/mol. The molecular formula is C23H28N2SSi. The first-order chi connectivity index (χ1) is 13.0. The number of hydrogen-bond acceptors (Lipinski definition) is 3. The highest BCUT2D eigenvalue weighted by Crippen LogP contribution is 2.26. The van der Waals surface area contributed by atoms with Crippen molar-refractivity contribution >= 4 is 42.6 Å². The molecule has 2 N–H and O–H groups in total. The van der Waals surface area contributed by atoms with E-state index in [2.05, 4.69) is 90.9 Å². The van der Waals surface area contributed by atoms with E-state index in [9.17, 15) is 0 Å². The topological polar surface area (TPSA) is 24.1 Å². The van der Waals surface area contributed by atoms with Gasteiger partial charge in [-0.15, -0.1) is 11.8 Å². The number of hydrogen-bond donors (Lipinski definition) is 2. The van der Waals surface area contributed by atoms with Crippen LogP contribution in [0.25, 0.3) is 0 Å². The normalized spacial score (nSPS) is 11.2. The van der Waals surface area contributed by atoms with Crippen LogP contribution in [0.3, 0.4) is 0 Å². The summed E-state index contributed by atoms with van der Waals surface area (Å²) in [6.45, 7) is 7.30. The summed E-state index contributed by atoms with van der Waals surface area (Å²) < 4.78 is 0. The highest BCUT2D eigenvalue weighted by molar-refractivity contribution is 7.99. The van der Waals surface area contributed by atoms with Crippen molar-refractivity contribution in [2.75, 3.05) is 16.4 Å². The molecular weight excluding hydrogens is 364 g/mol. The third kappa shape index (κ3) is 6.81. The SMILES string of the molecule is C[Si](C)(C)CCSc1ccc(Nc2ccc(Nc3ccccc3)cc2)cc1. The fourth-order valence-corrected chi connectivity index (χ4v) is 6.02. The Morgan fingerprint density at radius 1 is 0.630 bits per heavy atom. The maximum atomic E-state index is 3.47. The Morgan fingerprint density at radius 3 is 1.56 bits per heavy atom. The van der Waals surface area contributed by atoms with Crippen LogP contribution in [-0.4, -0.2) is 13.8 Å². The van der Waals surface area contributed by atoms with Gasteiger partial charge in [0.25, 0.3) is 0 Å². The third-order valence-electron chi connectivity index (χ3n) is 4.21. The first-order valence-corrected chi connectivity index (χ1v) is 14.1. The summed E-state index contributed by atoms with van der Waals surface area (Å²) in [5.41, 5.74) is 4.39. The number of thioether (sulfide) groups is 1. The minimum Gasteiger partial charge on any atom is -0.356 e. The van der Waals surface area contributed by atoms with E-state index in [-0.39, 0.29) is 0 Å². The summed E-state index contributed by atoms with van der Waals surface area (Å²) in [4.78, 5) is 1.35. The van der Waals surface area contributed by atoms with Crippen molar-refractivity contribution in [3.8, 4) is 0 Å². The first kappa shape index (κ1) is 19.6. The van der Waals surface area contributed by atoms with E-state index in [4.69, 9.17) is 0 Å². The molecule has 0 unspecified atom stereocenters. The summed E-state index contributed by atoms with van der Waals surface area (Å²) in [6.07, 6.45) is 0. The van der Waals surface area contributed by atoms with Gasteiger partial charge in [-0.2, -0.15) is 0 Å². The smallest absolute Gasteiger partial charge is 0.0450 e. The van der Waals surface area contributed by atoms with Crippen molar-refractivity contribution in [3.05, 3.63) is 78.9 Å². The van der Waals surface area contributed by atoms with Gasteiger partial charge in [0.2, 0.25) is 0 Å². The van der Waals surface area contributed by atoms with Gasteiger partial charge in [-0.1, -0.05) is 37.8 Å². The van der Waals surface area contributed by atoms with Crippen LogP contribution in [0.1, 0.15) is 0 Å². The van der Waals surface area contributed by atoms with Gasteiger partial charge in [-0.25, -0.2) is 0 Å². The van der Waals surface area contributed by atoms with Gasteiger partial charge >= 0.3 is 0 Å².